The summed E-state index contributed by atoms with van der Waals surface area (Å²) in [6.45, 7) is 4.40. The average Bonchev–Trinajstić information content (AvgIpc) is 3.18. The SMILES string of the molecule is Cc1csc(C(CC(C)c2ccccc2)NC2CC2)n1. The highest BCUT2D eigenvalue weighted by molar-refractivity contribution is 7.09. The topological polar surface area (TPSA) is 24.9 Å². The monoisotopic (exact) mass is 286 g/mol. The lowest BCUT2D eigenvalue weighted by Crippen LogP contribution is -2.24. The molecule has 0 bridgehead atoms. The largest absolute Gasteiger partial charge is 0.305 e. The van der Waals surface area contributed by atoms with Crippen LogP contribution in [0.15, 0.2) is 35.7 Å². The molecule has 1 fully saturated rings. The van der Waals surface area contributed by atoms with Gasteiger partial charge in [-0.3, -0.25) is 0 Å². The highest BCUT2D eigenvalue weighted by Gasteiger charge is 2.28. The molecule has 1 heterocycles. The lowest BCUT2D eigenvalue weighted by molar-refractivity contribution is 0.460. The van der Waals surface area contributed by atoms with Gasteiger partial charge < -0.3 is 5.32 Å². The predicted molar refractivity (Wildman–Crippen MR) is 85.2 cm³/mol. The summed E-state index contributed by atoms with van der Waals surface area (Å²) in [5, 5.41) is 7.17. The van der Waals surface area contributed by atoms with E-state index in [1.165, 1.54) is 23.4 Å². The first-order chi connectivity index (χ1) is 9.72. The van der Waals surface area contributed by atoms with Crippen LogP contribution in [-0.4, -0.2) is 11.0 Å². The molecule has 1 aromatic carbocycles. The standard InChI is InChI=1S/C17H22N2S/c1-12(14-6-4-3-5-7-14)10-16(19-15-8-9-15)17-18-13(2)11-20-17/h3-7,11-12,15-16,19H,8-10H2,1-2H3. The van der Waals surface area contributed by atoms with E-state index >= 15 is 0 Å². The van der Waals surface area contributed by atoms with Crippen LogP contribution in [0.2, 0.25) is 0 Å². The maximum absolute atomic E-state index is 4.69. The summed E-state index contributed by atoms with van der Waals surface area (Å²) in [5.74, 6) is 0.552. The molecule has 1 aliphatic carbocycles. The average molecular weight is 286 g/mol. The zero-order chi connectivity index (χ0) is 13.9. The number of hydrogen-bond donors (Lipinski definition) is 1. The number of hydrogen-bond acceptors (Lipinski definition) is 3. The Morgan fingerprint density at radius 3 is 2.65 bits per heavy atom. The van der Waals surface area contributed by atoms with Crippen LogP contribution in [0.1, 0.15) is 54.4 Å². The van der Waals surface area contributed by atoms with Gasteiger partial charge in [0.2, 0.25) is 0 Å². The van der Waals surface area contributed by atoms with Gasteiger partial charge in [0.05, 0.1) is 6.04 Å². The van der Waals surface area contributed by atoms with Gasteiger partial charge in [-0.05, 0) is 37.7 Å². The molecule has 0 spiro atoms. The van der Waals surface area contributed by atoms with E-state index in [0.717, 1.165) is 12.1 Å². The van der Waals surface area contributed by atoms with Crippen molar-refractivity contribution in [3.63, 3.8) is 0 Å². The highest BCUT2D eigenvalue weighted by Crippen LogP contribution is 2.32. The highest BCUT2D eigenvalue weighted by atomic mass is 32.1. The van der Waals surface area contributed by atoms with E-state index in [-0.39, 0.29) is 0 Å². The molecular formula is C17H22N2S. The van der Waals surface area contributed by atoms with Crippen molar-refractivity contribution in [2.24, 2.45) is 0 Å². The molecule has 0 radical (unpaired) electrons. The van der Waals surface area contributed by atoms with Crippen molar-refractivity contribution in [1.29, 1.82) is 0 Å². The molecule has 3 heteroatoms. The third kappa shape index (κ3) is 3.47. The molecule has 106 valence electrons. The quantitative estimate of drug-likeness (QED) is 0.849. The molecule has 2 nitrogen and oxygen atoms in total. The smallest absolute Gasteiger partial charge is 0.110 e. The second kappa shape index (κ2) is 6.06. The van der Waals surface area contributed by atoms with Crippen LogP contribution in [0.25, 0.3) is 0 Å². The molecule has 0 amide bonds. The first kappa shape index (κ1) is 13.8. The molecule has 1 saturated carbocycles. The molecule has 0 saturated heterocycles. The second-order valence-electron chi connectivity index (χ2n) is 5.87. The Labute approximate surface area is 125 Å². The number of nitrogens with one attached hydrogen (secondary N) is 1. The van der Waals surface area contributed by atoms with Gasteiger partial charge in [-0.1, -0.05) is 37.3 Å². The van der Waals surface area contributed by atoms with Crippen molar-refractivity contribution in [2.75, 3.05) is 0 Å². The molecule has 3 rings (SSSR count). The number of aromatic nitrogens is 1. The normalized spacial score (nSPS) is 17.9. The molecule has 0 aliphatic heterocycles. The molecule has 1 aromatic heterocycles. The minimum Gasteiger partial charge on any atom is -0.305 e. The number of rotatable bonds is 6. The van der Waals surface area contributed by atoms with E-state index in [9.17, 15) is 0 Å². The van der Waals surface area contributed by atoms with Crippen LogP contribution >= 0.6 is 11.3 Å². The van der Waals surface area contributed by atoms with Crippen LogP contribution in [0, 0.1) is 6.92 Å². The minimum absolute atomic E-state index is 0.399. The van der Waals surface area contributed by atoms with Crippen molar-refractivity contribution >= 4 is 11.3 Å². The lowest BCUT2D eigenvalue weighted by Gasteiger charge is -2.21. The number of benzene rings is 1. The summed E-state index contributed by atoms with van der Waals surface area (Å²) in [7, 11) is 0. The Balaban J connectivity index is 1.72. The molecule has 2 unspecified atom stereocenters. The summed E-state index contributed by atoms with van der Waals surface area (Å²) >= 11 is 1.79. The van der Waals surface area contributed by atoms with Gasteiger partial charge in [-0.2, -0.15) is 0 Å². The molecule has 2 atom stereocenters. The van der Waals surface area contributed by atoms with E-state index in [4.69, 9.17) is 4.98 Å². The second-order valence-corrected chi connectivity index (χ2v) is 6.76. The minimum atomic E-state index is 0.399. The predicted octanol–water partition coefficient (Wildman–Crippen LogP) is 4.44. The first-order valence-corrected chi connectivity index (χ1v) is 8.33. The van der Waals surface area contributed by atoms with E-state index in [1.807, 2.05) is 0 Å². The van der Waals surface area contributed by atoms with Crippen molar-refractivity contribution in [3.8, 4) is 0 Å². The van der Waals surface area contributed by atoms with E-state index in [0.29, 0.717) is 18.0 Å². The van der Waals surface area contributed by atoms with Gasteiger partial charge in [-0.15, -0.1) is 11.3 Å². The fourth-order valence-corrected chi connectivity index (χ4v) is 3.45. The molecular weight excluding hydrogens is 264 g/mol. The lowest BCUT2D eigenvalue weighted by atomic mass is 9.94. The third-order valence-corrected chi connectivity index (χ3v) is 4.98. The van der Waals surface area contributed by atoms with Crippen LogP contribution in [0.5, 0.6) is 0 Å². The molecule has 1 aliphatic rings. The molecule has 1 N–H and O–H groups in total. The van der Waals surface area contributed by atoms with Gasteiger partial charge in [0.15, 0.2) is 0 Å². The fourth-order valence-electron chi connectivity index (χ4n) is 2.58. The summed E-state index contributed by atoms with van der Waals surface area (Å²) in [5.41, 5.74) is 2.56. The van der Waals surface area contributed by atoms with Crippen molar-refractivity contribution in [3.05, 3.63) is 52.0 Å². The fraction of sp³-hybridized carbons (Fsp3) is 0.471. The third-order valence-electron chi connectivity index (χ3n) is 3.91. The van der Waals surface area contributed by atoms with Crippen LogP contribution in [-0.2, 0) is 0 Å². The van der Waals surface area contributed by atoms with Gasteiger partial charge in [0.25, 0.3) is 0 Å². The van der Waals surface area contributed by atoms with Crippen LogP contribution < -0.4 is 5.32 Å². The van der Waals surface area contributed by atoms with Crippen molar-refractivity contribution < 1.29 is 0 Å². The Bertz CT molecular complexity index is 545. The summed E-state index contributed by atoms with van der Waals surface area (Å²) in [6.07, 6.45) is 3.76. The number of nitrogens with zero attached hydrogens (tertiary/aromatic N) is 1. The maximum Gasteiger partial charge on any atom is 0.110 e. The van der Waals surface area contributed by atoms with Crippen molar-refractivity contribution in [2.45, 2.75) is 51.1 Å². The summed E-state index contributed by atoms with van der Waals surface area (Å²) in [6, 6.07) is 11.9. The number of thiazole rings is 1. The Morgan fingerprint density at radius 1 is 1.30 bits per heavy atom. The first-order valence-electron chi connectivity index (χ1n) is 7.45. The van der Waals surface area contributed by atoms with Gasteiger partial charge in [0.1, 0.15) is 5.01 Å². The van der Waals surface area contributed by atoms with Crippen LogP contribution in [0.3, 0.4) is 0 Å². The number of aryl methyl sites for hydroxylation is 1. The maximum atomic E-state index is 4.69. The van der Waals surface area contributed by atoms with Gasteiger partial charge >= 0.3 is 0 Å². The Kier molecular flexibility index (Phi) is 4.18. The summed E-state index contributed by atoms with van der Waals surface area (Å²) < 4.78 is 0. The van der Waals surface area contributed by atoms with Crippen molar-refractivity contribution in [1.82, 2.24) is 10.3 Å². The van der Waals surface area contributed by atoms with E-state index in [1.54, 1.807) is 11.3 Å². The zero-order valence-electron chi connectivity index (χ0n) is 12.2. The Morgan fingerprint density at radius 2 is 2.05 bits per heavy atom. The molecule has 2 aromatic rings. The zero-order valence-corrected chi connectivity index (χ0v) is 13.0. The Hall–Kier alpha value is -1.19. The van der Waals surface area contributed by atoms with Crippen LogP contribution in [0.4, 0.5) is 0 Å². The molecule has 20 heavy (non-hydrogen) atoms. The summed E-state index contributed by atoms with van der Waals surface area (Å²) in [4.78, 5) is 4.69. The van der Waals surface area contributed by atoms with Gasteiger partial charge in [0, 0.05) is 17.1 Å². The van der Waals surface area contributed by atoms with Gasteiger partial charge in [-0.25, -0.2) is 4.98 Å². The van der Waals surface area contributed by atoms with E-state index in [2.05, 4.69) is 54.9 Å². The van der Waals surface area contributed by atoms with E-state index < -0.39 is 0 Å².